The van der Waals surface area contributed by atoms with E-state index < -0.39 is 10.0 Å². The predicted molar refractivity (Wildman–Crippen MR) is 78.8 cm³/mol. The highest BCUT2D eigenvalue weighted by molar-refractivity contribution is 7.89. The average Bonchev–Trinajstić information content (AvgIpc) is 2.44. The van der Waals surface area contributed by atoms with Gasteiger partial charge in [-0.2, -0.15) is 0 Å². The first-order chi connectivity index (χ1) is 9.40. The van der Waals surface area contributed by atoms with Crippen LogP contribution < -0.4 is 15.8 Å². The molecule has 0 heterocycles. The molecule has 1 rings (SSSR count). The zero-order chi connectivity index (χ0) is 15.2. The minimum atomic E-state index is -3.59. The molecular formula is C13H21N3O3S. The van der Waals surface area contributed by atoms with Crippen LogP contribution in [0.4, 0.5) is 5.69 Å². The minimum Gasteiger partial charge on any atom is -0.329 e. The summed E-state index contributed by atoms with van der Waals surface area (Å²) in [6.07, 6.45) is 0.724. The summed E-state index contributed by atoms with van der Waals surface area (Å²) in [5.74, 6) is -0.248. The number of carbonyl (C=O) groups is 1. The number of hydrogen-bond acceptors (Lipinski definition) is 4. The summed E-state index contributed by atoms with van der Waals surface area (Å²) in [7, 11) is -3.59. The van der Waals surface area contributed by atoms with Gasteiger partial charge in [0.25, 0.3) is 0 Å². The van der Waals surface area contributed by atoms with E-state index in [1.165, 1.54) is 12.1 Å². The van der Waals surface area contributed by atoms with Crippen molar-refractivity contribution in [1.29, 1.82) is 0 Å². The number of sulfonamides is 1. The molecule has 0 spiro atoms. The van der Waals surface area contributed by atoms with E-state index in [9.17, 15) is 13.2 Å². The molecule has 1 aromatic rings. The van der Waals surface area contributed by atoms with Crippen LogP contribution in [0.5, 0.6) is 0 Å². The SMILES string of the molecule is CCC(C)C(=O)Nc1cccc(S(=O)(=O)NCCN)c1. The van der Waals surface area contributed by atoms with Crippen molar-refractivity contribution in [2.45, 2.75) is 25.2 Å². The van der Waals surface area contributed by atoms with Crippen LogP contribution in [0.2, 0.25) is 0 Å². The Kier molecular flexibility index (Phi) is 6.12. The number of nitrogens with one attached hydrogen (secondary N) is 2. The smallest absolute Gasteiger partial charge is 0.240 e. The highest BCUT2D eigenvalue weighted by Crippen LogP contribution is 2.16. The van der Waals surface area contributed by atoms with Gasteiger partial charge in [0.15, 0.2) is 0 Å². The van der Waals surface area contributed by atoms with Gasteiger partial charge < -0.3 is 11.1 Å². The van der Waals surface area contributed by atoms with Crippen LogP contribution in [-0.4, -0.2) is 27.4 Å². The summed E-state index contributed by atoms with van der Waals surface area (Å²) in [4.78, 5) is 11.9. The monoisotopic (exact) mass is 299 g/mol. The molecule has 0 radical (unpaired) electrons. The lowest BCUT2D eigenvalue weighted by Gasteiger charge is -2.11. The summed E-state index contributed by atoms with van der Waals surface area (Å²) in [5, 5.41) is 2.71. The van der Waals surface area contributed by atoms with E-state index in [2.05, 4.69) is 10.0 Å². The molecule has 1 amide bonds. The van der Waals surface area contributed by atoms with E-state index in [-0.39, 0.29) is 29.8 Å². The molecule has 20 heavy (non-hydrogen) atoms. The molecule has 6 nitrogen and oxygen atoms in total. The van der Waals surface area contributed by atoms with Crippen LogP contribution >= 0.6 is 0 Å². The molecule has 1 unspecified atom stereocenters. The summed E-state index contributed by atoms with van der Waals surface area (Å²) >= 11 is 0. The summed E-state index contributed by atoms with van der Waals surface area (Å²) in [6, 6.07) is 6.14. The second kappa shape index (κ2) is 7.37. The molecule has 7 heteroatoms. The minimum absolute atomic E-state index is 0.105. The number of carbonyl (C=O) groups excluding carboxylic acids is 1. The molecule has 0 bridgehead atoms. The van der Waals surface area contributed by atoms with Crippen molar-refractivity contribution in [3.05, 3.63) is 24.3 Å². The fourth-order valence-corrected chi connectivity index (χ4v) is 2.56. The lowest BCUT2D eigenvalue weighted by Crippen LogP contribution is -2.29. The Morgan fingerprint density at radius 3 is 2.70 bits per heavy atom. The molecule has 0 saturated carbocycles. The number of nitrogens with two attached hydrogens (primary N) is 1. The normalized spacial score (nSPS) is 12.9. The van der Waals surface area contributed by atoms with Gasteiger partial charge in [-0.1, -0.05) is 19.9 Å². The van der Waals surface area contributed by atoms with E-state index >= 15 is 0 Å². The zero-order valence-corrected chi connectivity index (χ0v) is 12.5. The molecule has 4 N–H and O–H groups in total. The first-order valence-electron chi connectivity index (χ1n) is 6.51. The Balaban J connectivity index is 2.88. The second-order valence-electron chi connectivity index (χ2n) is 4.51. The van der Waals surface area contributed by atoms with Gasteiger partial charge in [-0.15, -0.1) is 0 Å². The molecule has 0 aliphatic rings. The van der Waals surface area contributed by atoms with E-state index in [1.807, 2.05) is 13.8 Å². The number of rotatable bonds is 7. The maximum absolute atomic E-state index is 11.9. The third-order valence-corrected chi connectivity index (χ3v) is 4.37. The van der Waals surface area contributed by atoms with E-state index in [0.29, 0.717) is 5.69 Å². The van der Waals surface area contributed by atoms with Gasteiger partial charge in [-0.25, -0.2) is 13.1 Å². The zero-order valence-electron chi connectivity index (χ0n) is 11.7. The molecule has 0 aliphatic heterocycles. The van der Waals surface area contributed by atoms with Crippen LogP contribution in [0, 0.1) is 5.92 Å². The summed E-state index contributed by atoms with van der Waals surface area (Å²) in [5.41, 5.74) is 5.74. The molecule has 0 aliphatic carbocycles. The molecular weight excluding hydrogens is 278 g/mol. The van der Waals surface area contributed by atoms with Gasteiger partial charge in [0, 0.05) is 24.7 Å². The lowest BCUT2D eigenvalue weighted by molar-refractivity contribution is -0.119. The van der Waals surface area contributed by atoms with Crippen LogP contribution in [-0.2, 0) is 14.8 Å². The van der Waals surface area contributed by atoms with Gasteiger partial charge in [-0.3, -0.25) is 4.79 Å². The summed E-state index contributed by atoms with van der Waals surface area (Å²) < 4.78 is 26.3. The van der Waals surface area contributed by atoms with Crippen LogP contribution in [0.1, 0.15) is 20.3 Å². The van der Waals surface area contributed by atoms with Gasteiger partial charge in [0.2, 0.25) is 15.9 Å². The Morgan fingerprint density at radius 1 is 1.40 bits per heavy atom. The number of benzene rings is 1. The fraction of sp³-hybridized carbons (Fsp3) is 0.462. The van der Waals surface area contributed by atoms with Gasteiger partial charge >= 0.3 is 0 Å². The maximum atomic E-state index is 11.9. The predicted octanol–water partition coefficient (Wildman–Crippen LogP) is 0.908. The van der Waals surface area contributed by atoms with Crippen molar-refractivity contribution in [2.75, 3.05) is 18.4 Å². The van der Waals surface area contributed by atoms with Crippen molar-refractivity contribution in [3.8, 4) is 0 Å². The van der Waals surface area contributed by atoms with E-state index in [0.717, 1.165) is 6.42 Å². The highest BCUT2D eigenvalue weighted by atomic mass is 32.2. The highest BCUT2D eigenvalue weighted by Gasteiger charge is 2.15. The Morgan fingerprint density at radius 2 is 2.10 bits per heavy atom. The molecule has 0 fully saturated rings. The molecule has 1 aromatic carbocycles. The Hall–Kier alpha value is -1.44. The van der Waals surface area contributed by atoms with Gasteiger partial charge in [0.05, 0.1) is 4.90 Å². The van der Waals surface area contributed by atoms with E-state index in [4.69, 9.17) is 5.73 Å². The van der Waals surface area contributed by atoms with Crippen LogP contribution in [0.25, 0.3) is 0 Å². The first kappa shape index (κ1) is 16.6. The topological polar surface area (TPSA) is 101 Å². The fourth-order valence-electron chi connectivity index (χ4n) is 1.47. The molecule has 0 aromatic heterocycles. The molecule has 0 saturated heterocycles. The van der Waals surface area contributed by atoms with Crippen molar-refractivity contribution in [2.24, 2.45) is 11.7 Å². The molecule has 112 valence electrons. The molecule has 1 atom stereocenters. The Bertz CT molecular complexity index is 558. The average molecular weight is 299 g/mol. The van der Waals surface area contributed by atoms with Crippen molar-refractivity contribution in [3.63, 3.8) is 0 Å². The van der Waals surface area contributed by atoms with Crippen molar-refractivity contribution < 1.29 is 13.2 Å². The Labute approximate surface area is 119 Å². The third-order valence-electron chi connectivity index (χ3n) is 2.91. The quantitative estimate of drug-likeness (QED) is 0.696. The van der Waals surface area contributed by atoms with Crippen LogP contribution in [0.3, 0.4) is 0 Å². The standard InChI is InChI=1S/C13H21N3O3S/c1-3-10(2)13(17)16-11-5-4-6-12(9-11)20(18,19)15-8-7-14/h4-6,9-10,15H,3,7-8,14H2,1-2H3,(H,16,17). The summed E-state index contributed by atoms with van der Waals surface area (Å²) in [6.45, 7) is 4.13. The number of anilines is 1. The van der Waals surface area contributed by atoms with Gasteiger partial charge in [0.1, 0.15) is 0 Å². The maximum Gasteiger partial charge on any atom is 0.240 e. The number of hydrogen-bond donors (Lipinski definition) is 3. The largest absolute Gasteiger partial charge is 0.329 e. The number of amides is 1. The van der Waals surface area contributed by atoms with E-state index in [1.54, 1.807) is 12.1 Å². The third kappa shape index (κ3) is 4.59. The van der Waals surface area contributed by atoms with Crippen molar-refractivity contribution in [1.82, 2.24) is 4.72 Å². The van der Waals surface area contributed by atoms with Crippen LogP contribution in [0.15, 0.2) is 29.2 Å². The van der Waals surface area contributed by atoms with Crippen molar-refractivity contribution >= 4 is 21.6 Å². The van der Waals surface area contributed by atoms with Gasteiger partial charge in [-0.05, 0) is 24.6 Å². The second-order valence-corrected chi connectivity index (χ2v) is 6.28. The first-order valence-corrected chi connectivity index (χ1v) is 7.99. The lowest BCUT2D eigenvalue weighted by atomic mass is 10.1.